The van der Waals surface area contributed by atoms with Crippen molar-refractivity contribution < 1.29 is 47.6 Å². The van der Waals surface area contributed by atoms with E-state index in [1.54, 1.807) is 30.3 Å². The molecule has 18 nitrogen and oxygen atoms in total. The highest BCUT2D eigenvalue weighted by atomic mass is 32.5. The smallest absolute Gasteiger partial charge is 0.351 e. The lowest BCUT2D eigenvalue weighted by molar-refractivity contribution is -0.252. The number of carbonyl (C=O) groups is 1. The van der Waals surface area contributed by atoms with E-state index in [1.807, 2.05) is 94.5 Å². The lowest BCUT2D eigenvalue weighted by Gasteiger charge is -2.44. The molecule has 0 spiro atoms. The third kappa shape index (κ3) is 11.4. The quantitative estimate of drug-likeness (QED) is 0.0430. The van der Waals surface area contributed by atoms with Crippen molar-refractivity contribution in [3.8, 4) is 0 Å². The van der Waals surface area contributed by atoms with E-state index >= 15 is 0 Å². The third-order valence-electron chi connectivity index (χ3n) is 13.2. The second-order valence-corrected chi connectivity index (χ2v) is 33.1. The number of carbonyl (C=O) groups excluding carboxylic acids is 1. The van der Waals surface area contributed by atoms with Crippen LogP contribution in [0.5, 0.6) is 0 Å². The van der Waals surface area contributed by atoms with Crippen LogP contribution in [-0.4, -0.2) is 92.9 Å². The molecule has 0 saturated carbocycles. The van der Waals surface area contributed by atoms with Crippen molar-refractivity contribution >= 4 is 56.4 Å². The Morgan fingerprint density at radius 2 is 1.51 bits per heavy atom. The van der Waals surface area contributed by atoms with Gasteiger partial charge in [0.15, 0.2) is 14.4 Å². The van der Waals surface area contributed by atoms with E-state index in [-0.39, 0.29) is 33.8 Å². The summed E-state index contributed by atoms with van der Waals surface area (Å²) in [6.07, 6.45) is -4.02. The predicted molar refractivity (Wildman–Crippen MR) is 270 cm³/mol. The number of aromatic nitrogens is 4. The van der Waals surface area contributed by atoms with Gasteiger partial charge in [0.25, 0.3) is 19.8 Å². The van der Waals surface area contributed by atoms with Gasteiger partial charge in [0.1, 0.15) is 24.4 Å². The number of nitrogens with zero attached hydrogens (tertiary/aromatic N) is 3. The van der Waals surface area contributed by atoms with Crippen LogP contribution in [-0.2, 0) is 33.8 Å². The van der Waals surface area contributed by atoms with E-state index in [9.17, 15) is 39.2 Å². The molecule has 2 aliphatic rings. The van der Waals surface area contributed by atoms with Gasteiger partial charge < -0.3 is 43.6 Å². The molecule has 2 saturated heterocycles. The van der Waals surface area contributed by atoms with E-state index < -0.39 is 106 Å². The van der Waals surface area contributed by atoms with E-state index in [0.717, 1.165) is 14.9 Å². The molecular formula is C48H62N5O13PSSi2. The molecular weight excluding hydrogens is 974 g/mol. The number of nitrogens with one attached hydrogen (secondary N) is 2. The number of anilines is 1. The number of aromatic amines is 1. The minimum Gasteiger partial charge on any atom is -0.742 e. The van der Waals surface area contributed by atoms with Crippen molar-refractivity contribution in [1.29, 1.82) is 0 Å². The van der Waals surface area contributed by atoms with Gasteiger partial charge >= 0.3 is 23.5 Å². The molecule has 22 heteroatoms. The lowest BCUT2D eigenvalue weighted by Crippen LogP contribution is -2.67. The molecule has 0 bridgehead atoms. The highest BCUT2D eigenvalue weighted by Gasteiger charge is 2.57. The summed E-state index contributed by atoms with van der Waals surface area (Å²) in [7, 11) is -5.87. The molecule has 4 heterocycles. The minimum atomic E-state index is -5.17. The van der Waals surface area contributed by atoms with Crippen LogP contribution in [0.1, 0.15) is 82.8 Å². The summed E-state index contributed by atoms with van der Waals surface area (Å²) in [6, 6.07) is 29.0. The van der Waals surface area contributed by atoms with Crippen LogP contribution < -0.4 is 37.5 Å². The molecule has 2 fully saturated rings. The number of benzene rings is 3. The topological polar surface area (TPSA) is 249 Å². The summed E-state index contributed by atoms with van der Waals surface area (Å²) in [4.78, 5) is 84.4. The summed E-state index contributed by atoms with van der Waals surface area (Å²) in [5.41, 5.74) is -3.46. The molecule has 7 rings (SSSR count). The molecule has 2 aromatic heterocycles. The van der Waals surface area contributed by atoms with Crippen LogP contribution in [0.3, 0.4) is 0 Å². The number of aliphatic hydroxyl groups excluding tert-OH is 1. The molecule has 0 radical (unpaired) electrons. The van der Waals surface area contributed by atoms with Gasteiger partial charge in [-0.05, 0) is 58.7 Å². The number of hydrogen-bond donors (Lipinski definition) is 5. The Labute approximate surface area is 411 Å². The minimum absolute atomic E-state index is 0.0371. The van der Waals surface area contributed by atoms with Gasteiger partial charge in [-0.15, -0.1) is 0 Å². The molecule has 3 aromatic carbocycles. The average molecular weight is 1040 g/mol. The first-order valence-corrected chi connectivity index (χ1v) is 30.8. The predicted octanol–water partition coefficient (Wildman–Crippen LogP) is 4.03. The van der Waals surface area contributed by atoms with Gasteiger partial charge in [0.2, 0.25) is 16.7 Å². The van der Waals surface area contributed by atoms with Gasteiger partial charge in [0, 0.05) is 29.9 Å². The maximum atomic E-state index is 14.5. The zero-order valence-corrected chi connectivity index (χ0v) is 44.3. The summed E-state index contributed by atoms with van der Waals surface area (Å²) < 4.78 is 34.6. The van der Waals surface area contributed by atoms with Crippen LogP contribution in [0.2, 0.25) is 23.2 Å². The van der Waals surface area contributed by atoms with Crippen molar-refractivity contribution in [3.63, 3.8) is 0 Å². The van der Waals surface area contributed by atoms with Crippen LogP contribution in [0, 0.1) is 6.92 Å². The molecule has 70 heavy (non-hydrogen) atoms. The Kier molecular flexibility index (Phi) is 15.6. The first-order chi connectivity index (χ1) is 32.7. The maximum absolute atomic E-state index is 14.5. The molecule has 1 amide bonds. The third-order valence-corrected chi connectivity index (χ3v) is 25.7. The molecule has 376 valence electrons. The summed E-state index contributed by atoms with van der Waals surface area (Å²) >= 11 is 0. The first-order valence-electron chi connectivity index (χ1n) is 22.9. The van der Waals surface area contributed by atoms with Crippen molar-refractivity contribution in [2.75, 3.05) is 11.9 Å². The first kappa shape index (κ1) is 53.2. The number of hydrogen-bond acceptors (Lipinski definition) is 13. The van der Waals surface area contributed by atoms with Crippen molar-refractivity contribution in [1.82, 2.24) is 19.1 Å². The number of H-pyrrole nitrogens is 1. The molecule has 8 atom stereocenters. The number of ether oxygens (including phenoxy) is 2. The van der Waals surface area contributed by atoms with Crippen LogP contribution in [0.25, 0.3) is 0 Å². The molecule has 2 aliphatic heterocycles. The van der Waals surface area contributed by atoms with Gasteiger partial charge in [-0.2, -0.15) is 4.98 Å². The van der Waals surface area contributed by atoms with Crippen LogP contribution in [0.4, 0.5) is 5.82 Å². The lowest BCUT2D eigenvalue weighted by atomic mass is 10.1. The number of amides is 1. The van der Waals surface area contributed by atoms with Gasteiger partial charge in [-0.25, -0.2) is 9.59 Å². The van der Waals surface area contributed by atoms with Crippen molar-refractivity contribution in [2.45, 2.75) is 126 Å². The highest BCUT2D eigenvalue weighted by molar-refractivity contribution is 8.16. The molecule has 0 aliphatic carbocycles. The Bertz CT molecular complexity index is 2850. The van der Waals surface area contributed by atoms with Gasteiger partial charge in [-0.3, -0.25) is 28.2 Å². The Morgan fingerprint density at radius 1 is 0.929 bits per heavy atom. The summed E-state index contributed by atoms with van der Waals surface area (Å²) in [6.45, 7) is 12.1. The fraction of sp³-hybridized carbons (Fsp3) is 0.438. The van der Waals surface area contributed by atoms with Gasteiger partial charge in [-0.1, -0.05) is 120 Å². The SMILES string of the molecule is Cc1cn([C@H]2C[C@H](O[Si](C)(C)C(C)(C)C)[C@@H](C(O)[S+]=P([O-])(O)O[C@]3(O)C[C@H](n4ccc(NC(=O)c5ccccc5)nc4=O)O[C@@H]3CO[Si](c3ccccc3)(c3ccccc3)C(C)(C)C)O2)c(=O)[nH]c1=O. The molecule has 5 N–H and O–H groups in total. The highest BCUT2D eigenvalue weighted by Crippen LogP contribution is 2.50. The Morgan fingerprint density at radius 3 is 2.07 bits per heavy atom. The second kappa shape index (κ2) is 20.5. The fourth-order valence-electron chi connectivity index (χ4n) is 8.57. The van der Waals surface area contributed by atoms with E-state index in [1.165, 1.54) is 30.0 Å². The van der Waals surface area contributed by atoms with E-state index in [4.69, 9.17) is 22.8 Å². The largest absolute Gasteiger partial charge is 0.742 e. The van der Waals surface area contributed by atoms with Crippen LogP contribution in [0.15, 0.2) is 124 Å². The van der Waals surface area contributed by atoms with E-state index in [2.05, 4.69) is 36.1 Å². The summed E-state index contributed by atoms with van der Waals surface area (Å²) in [5, 5.41) is 28.1. The molecule has 5 aromatic rings. The Balaban J connectivity index is 1.24. The van der Waals surface area contributed by atoms with Gasteiger partial charge in [0.05, 0.1) is 19.1 Å². The monoisotopic (exact) mass is 1040 g/mol. The van der Waals surface area contributed by atoms with E-state index in [0.29, 0.717) is 5.56 Å². The average Bonchev–Trinajstić information content (AvgIpc) is 3.84. The number of aryl methyl sites for hydroxylation is 1. The molecule has 2 unspecified atom stereocenters. The normalized spacial score (nSPS) is 23.4. The zero-order chi connectivity index (χ0) is 51.0. The number of rotatable bonds is 15. The fourth-order valence-corrected chi connectivity index (χ4v) is 17.4. The van der Waals surface area contributed by atoms with Crippen molar-refractivity contribution in [2.24, 2.45) is 0 Å². The zero-order valence-electron chi connectivity index (χ0n) is 40.6. The van der Waals surface area contributed by atoms with Crippen molar-refractivity contribution in [3.05, 3.63) is 152 Å². The maximum Gasteiger partial charge on any atom is 0.351 e. The number of aliphatic hydroxyl groups is 2. The standard InChI is InChI=1S/C48H62N5O13PSSi2/c1-31-29-53(45(58)51-41(31)54)38-27-35(65-69(8,9)46(2,3)4)40(64-38)43(56)68-67(60,61)66-48(59)28-39(52-26-25-37(50-44(52)57)49-42(55)32-19-13-10-14-20-32)63-36(48)30-62-70(47(5,6)7,33-21-15-11-16-22-33)34-23-17-12-18-24-34/h10-26,29,35-36,38-40,43,56,59H,27-28,30H2,1-9H3,(H3-,49,50,51,54,55,57,58,60,61)/t35-,36+,38+,39+,40-,43?,48+/m0/s1. The Hall–Kier alpha value is -4.59. The van der Waals surface area contributed by atoms with Crippen LogP contribution >= 0.6 is 6.72 Å². The second-order valence-electron chi connectivity index (χ2n) is 20.2. The summed E-state index contributed by atoms with van der Waals surface area (Å²) in [5.74, 6) is -3.20.